The van der Waals surface area contributed by atoms with E-state index in [9.17, 15) is 8.42 Å². The molecule has 0 radical (unpaired) electrons. The van der Waals surface area contributed by atoms with Gasteiger partial charge in [0.15, 0.2) is 0 Å². The molecule has 4 nitrogen and oxygen atoms in total. The van der Waals surface area contributed by atoms with E-state index in [2.05, 4.69) is 39.8 Å². The molecule has 1 heterocycles. The van der Waals surface area contributed by atoms with Crippen LogP contribution < -0.4 is 0 Å². The van der Waals surface area contributed by atoms with Crippen LogP contribution >= 0.6 is 0 Å². The summed E-state index contributed by atoms with van der Waals surface area (Å²) in [6, 6.07) is 19.5. The van der Waals surface area contributed by atoms with Gasteiger partial charge >= 0.3 is 0 Å². The number of benzene rings is 2. The smallest absolute Gasteiger partial charge is 0.195 e. The van der Waals surface area contributed by atoms with Gasteiger partial charge in [0.1, 0.15) is 0 Å². The zero-order chi connectivity index (χ0) is 22.4. The Morgan fingerprint density at radius 1 is 0.677 bits per heavy atom. The molecule has 0 saturated carbocycles. The quantitative estimate of drug-likeness (QED) is 0.499. The van der Waals surface area contributed by atoms with Gasteiger partial charge in [0.2, 0.25) is 0 Å². The van der Waals surface area contributed by atoms with Gasteiger partial charge in [0, 0.05) is 25.2 Å². The summed E-state index contributed by atoms with van der Waals surface area (Å²) in [5.41, 5.74) is 2.02. The molecule has 0 amide bonds. The summed E-state index contributed by atoms with van der Waals surface area (Å²) in [6.45, 7) is 9.37. The van der Waals surface area contributed by atoms with Crippen molar-refractivity contribution in [2.45, 2.75) is 65.7 Å². The van der Waals surface area contributed by atoms with Crippen molar-refractivity contribution in [1.29, 1.82) is 0 Å². The lowest BCUT2D eigenvalue weighted by molar-refractivity contribution is 0.264. The van der Waals surface area contributed by atoms with Crippen LogP contribution in [0.2, 0.25) is 0 Å². The van der Waals surface area contributed by atoms with Crippen molar-refractivity contribution in [2.75, 3.05) is 0 Å². The third kappa shape index (κ3) is 6.28. The van der Waals surface area contributed by atoms with E-state index in [0.717, 1.165) is 24.0 Å². The molecular weight excluding hydrogens is 404 g/mol. The Labute approximate surface area is 188 Å². The van der Waals surface area contributed by atoms with Gasteiger partial charge in [0.25, 0.3) is 10.2 Å². The summed E-state index contributed by atoms with van der Waals surface area (Å²) in [4.78, 5) is 0. The van der Waals surface area contributed by atoms with Crippen molar-refractivity contribution in [3.05, 3.63) is 83.9 Å². The third-order valence-electron chi connectivity index (χ3n) is 5.68. The lowest BCUT2D eigenvalue weighted by Crippen LogP contribution is -2.49. The van der Waals surface area contributed by atoms with Crippen LogP contribution in [0.15, 0.2) is 72.8 Å². The third-order valence-corrected chi connectivity index (χ3v) is 7.66. The zero-order valence-electron chi connectivity index (χ0n) is 19.2. The van der Waals surface area contributed by atoms with Gasteiger partial charge in [0.05, 0.1) is 0 Å². The van der Waals surface area contributed by atoms with Gasteiger partial charge in [-0.2, -0.15) is 17.0 Å². The van der Waals surface area contributed by atoms with Gasteiger partial charge in [-0.15, -0.1) is 0 Å². The Balaban J connectivity index is 2.04. The van der Waals surface area contributed by atoms with Crippen molar-refractivity contribution in [3.8, 4) is 0 Å². The Bertz CT molecular complexity index is 868. The van der Waals surface area contributed by atoms with Gasteiger partial charge in [-0.1, -0.05) is 101 Å². The molecule has 31 heavy (non-hydrogen) atoms. The highest BCUT2D eigenvalue weighted by Crippen LogP contribution is 2.30. The first-order valence-electron chi connectivity index (χ1n) is 11.3. The highest BCUT2D eigenvalue weighted by Gasteiger charge is 2.40. The van der Waals surface area contributed by atoms with E-state index in [1.807, 2.05) is 60.7 Å². The Kier molecular flexibility index (Phi) is 8.09. The second kappa shape index (κ2) is 10.6. The molecular formula is C26H36N2O2S. The lowest BCUT2D eigenvalue weighted by Gasteiger charge is -2.35. The van der Waals surface area contributed by atoms with Crippen molar-refractivity contribution >= 4 is 10.2 Å². The van der Waals surface area contributed by atoms with E-state index in [1.54, 1.807) is 8.61 Å². The largest absolute Gasteiger partial charge is 0.283 e. The maximum atomic E-state index is 14.1. The van der Waals surface area contributed by atoms with Gasteiger partial charge in [-0.3, -0.25) is 0 Å². The number of hydrogen-bond acceptors (Lipinski definition) is 2. The second-order valence-corrected chi connectivity index (χ2v) is 11.2. The molecule has 0 spiro atoms. The molecule has 0 bridgehead atoms. The van der Waals surface area contributed by atoms with Gasteiger partial charge in [-0.25, -0.2) is 0 Å². The molecule has 0 saturated heterocycles. The summed E-state index contributed by atoms with van der Waals surface area (Å²) < 4.78 is 31.7. The van der Waals surface area contributed by atoms with Crippen molar-refractivity contribution in [1.82, 2.24) is 8.61 Å². The number of rotatable bonds is 8. The minimum absolute atomic E-state index is 0.152. The number of nitrogens with zero attached hydrogens (tertiary/aromatic N) is 2. The first-order valence-corrected chi connectivity index (χ1v) is 12.7. The predicted octanol–water partition coefficient (Wildman–Crippen LogP) is 5.63. The summed E-state index contributed by atoms with van der Waals surface area (Å²) >= 11 is 0. The van der Waals surface area contributed by atoms with Crippen molar-refractivity contribution < 1.29 is 8.42 Å². The maximum Gasteiger partial charge on any atom is 0.283 e. The van der Waals surface area contributed by atoms with E-state index in [1.165, 1.54) is 0 Å². The predicted molar refractivity (Wildman–Crippen MR) is 129 cm³/mol. The minimum Gasteiger partial charge on any atom is -0.195 e. The standard InChI is InChI=1S/C26H36N2O2S/c1-21(2)17-25-15-16-26(18-22(3)4)28(20-24-13-9-6-10-14-24)31(29,30)27(25)19-23-11-7-5-8-12-23/h5-16,21-22,25-26H,17-20H2,1-4H3/t25-,26-/m1/s1. The topological polar surface area (TPSA) is 40.6 Å². The average Bonchev–Trinajstić information content (AvgIpc) is 2.80. The van der Waals surface area contributed by atoms with Crippen LogP contribution in [0.1, 0.15) is 51.7 Å². The van der Waals surface area contributed by atoms with Crippen LogP contribution in [-0.4, -0.2) is 29.1 Å². The van der Waals surface area contributed by atoms with E-state index in [4.69, 9.17) is 0 Å². The lowest BCUT2D eigenvalue weighted by atomic mass is 9.99. The van der Waals surface area contributed by atoms with E-state index >= 15 is 0 Å². The zero-order valence-corrected chi connectivity index (χ0v) is 20.0. The fraction of sp³-hybridized carbons (Fsp3) is 0.462. The fourth-order valence-electron chi connectivity index (χ4n) is 4.21. The van der Waals surface area contributed by atoms with E-state index in [-0.39, 0.29) is 12.1 Å². The van der Waals surface area contributed by atoms with Crippen molar-refractivity contribution in [2.24, 2.45) is 11.8 Å². The summed E-state index contributed by atoms with van der Waals surface area (Å²) in [5, 5.41) is 0. The molecule has 5 heteroatoms. The molecule has 0 fully saturated rings. The average molecular weight is 441 g/mol. The maximum absolute atomic E-state index is 14.1. The first kappa shape index (κ1) is 23.7. The Morgan fingerprint density at radius 2 is 1.03 bits per heavy atom. The second-order valence-electron chi connectivity index (χ2n) is 9.35. The molecule has 2 aromatic carbocycles. The molecule has 0 aliphatic carbocycles. The SMILES string of the molecule is CC(C)C[C@H]1C=C[C@H](CC(C)C)N(Cc2ccccc2)S(=O)(=O)N1Cc1ccccc1. The van der Waals surface area contributed by atoms with Crippen LogP contribution in [0, 0.1) is 11.8 Å². The summed E-state index contributed by atoms with van der Waals surface area (Å²) in [7, 11) is -3.68. The fourth-order valence-corrected chi connectivity index (χ4v) is 6.10. The number of hydrogen-bond donors (Lipinski definition) is 0. The summed E-state index contributed by atoms with van der Waals surface area (Å²) in [6.07, 6.45) is 5.88. The Hall–Kier alpha value is -1.95. The highest BCUT2D eigenvalue weighted by atomic mass is 32.2. The molecule has 0 N–H and O–H groups in total. The van der Waals surface area contributed by atoms with Crippen LogP contribution in [-0.2, 0) is 23.3 Å². The monoisotopic (exact) mass is 440 g/mol. The first-order chi connectivity index (χ1) is 14.8. The molecule has 1 aliphatic heterocycles. The summed E-state index contributed by atoms with van der Waals surface area (Å²) in [5.74, 6) is 0.791. The molecule has 168 valence electrons. The molecule has 0 unspecified atom stereocenters. The van der Waals surface area contributed by atoms with Crippen LogP contribution in [0.5, 0.6) is 0 Å². The van der Waals surface area contributed by atoms with Crippen LogP contribution in [0.25, 0.3) is 0 Å². The molecule has 0 aromatic heterocycles. The molecule has 3 rings (SSSR count). The van der Waals surface area contributed by atoms with Gasteiger partial charge < -0.3 is 0 Å². The van der Waals surface area contributed by atoms with Crippen LogP contribution in [0.3, 0.4) is 0 Å². The molecule has 2 aromatic rings. The van der Waals surface area contributed by atoms with E-state index < -0.39 is 10.2 Å². The molecule has 1 aliphatic rings. The van der Waals surface area contributed by atoms with Gasteiger partial charge in [-0.05, 0) is 35.8 Å². The molecule has 2 atom stereocenters. The minimum atomic E-state index is -3.68. The van der Waals surface area contributed by atoms with E-state index in [0.29, 0.717) is 24.9 Å². The van der Waals surface area contributed by atoms with Crippen molar-refractivity contribution in [3.63, 3.8) is 0 Å². The highest BCUT2D eigenvalue weighted by molar-refractivity contribution is 7.86. The van der Waals surface area contributed by atoms with Crippen LogP contribution in [0.4, 0.5) is 0 Å². The Morgan fingerprint density at radius 3 is 1.35 bits per heavy atom. The normalized spacial score (nSPS) is 22.1.